The van der Waals surface area contributed by atoms with Gasteiger partial charge in [0.05, 0.1) is 22.9 Å². The molecule has 0 radical (unpaired) electrons. The molecule has 0 spiro atoms. The fraction of sp³-hybridized carbons (Fsp3) is 0.0800. The summed E-state index contributed by atoms with van der Waals surface area (Å²) < 4.78 is 42.4. The second-order valence-corrected chi connectivity index (χ2v) is 8.25. The Hall–Kier alpha value is -4.00. The van der Waals surface area contributed by atoms with E-state index in [0.29, 0.717) is 27.0 Å². The van der Waals surface area contributed by atoms with E-state index >= 15 is 0 Å². The number of nitrogens with one attached hydrogen (secondary N) is 1. The van der Waals surface area contributed by atoms with Gasteiger partial charge in [0, 0.05) is 16.1 Å². The maximum absolute atomic E-state index is 12.6. The lowest BCUT2D eigenvalue weighted by Crippen LogP contribution is -2.23. The number of halogens is 5. The van der Waals surface area contributed by atoms with Crippen molar-refractivity contribution >= 4 is 29.1 Å². The highest BCUT2D eigenvalue weighted by Crippen LogP contribution is 2.32. The zero-order chi connectivity index (χ0) is 25.9. The summed E-state index contributed by atoms with van der Waals surface area (Å²) in [5, 5.41) is 18.1. The minimum absolute atomic E-state index is 0.103. The minimum atomic E-state index is -4.83. The maximum Gasteiger partial charge on any atom is 0.573 e. The van der Waals surface area contributed by atoms with E-state index in [-0.39, 0.29) is 23.4 Å². The number of nitriles is 1. The summed E-state index contributed by atoms with van der Waals surface area (Å²) in [7, 11) is 0. The third kappa shape index (κ3) is 5.62. The van der Waals surface area contributed by atoms with Crippen LogP contribution in [-0.2, 0) is 6.54 Å². The van der Waals surface area contributed by atoms with Crippen molar-refractivity contribution in [1.82, 2.24) is 15.1 Å². The highest BCUT2D eigenvalue weighted by atomic mass is 35.5. The monoisotopic (exact) mass is 530 g/mol. The number of carbonyl (C=O) groups is 1. The Labute approximate surface area is 213 Å². The third-order valence-corrected chi connectivity index (χ3v) is 5.61. The average Bonchev–Trinajstić information content (AvgIpc) is 3.21. The smallest absolute Gasteiger partial charge is 0.406 e. The lowest BCUT2D eigenvalue weighted by Gasteiger charge is -2.09. The Morgan fingerprint density at radius 2 is 1.69 bits per heavy atom. The van der Waals surface area contributed by atoms with Crippen molar-refractivity contribution in [3.05, 3.63) is 99.7 Å². The number of hydrogen-bond donors (Lipinski definition) is 1. The highest BCUT2D eigenvalue weighted by Gasteiger charge is 2.31. The molecular weight excluding hydrogens is 516 g/mol. The average molecular weight is 531 g/mol. The number of para-hydroxylation sites is 1. The summed E-state index contributed by atoms with van der Waals surface area (Å²) in [6, 6.07) is 20.4. The summed E-state index contributed by atoms with van der Waals surface area (Å²) in [6.07, 6.45) is -4.83. The Balaban J connectivity index is 1.65. The molecule has 182 valence electrons. The van der Waals surface area contributed by atoms with E-state index in [4.69, 9.17) is 23.2 Å². The van der Waals surface area contributed by atoms with Crippen LogP contribution in [0.5, 0.6) is 5.75 Å². The van der Waals surface area contributed by atoms with E-state index in [1.807, 2.05) is 0 Å². The van der Waals surface area contributed by atoms with Gasteiger partial charge in [-0.2, -0.15) is 10.4 Å². The Bertz CT molecular complexity index is 1440. The van der Waals surface area contributed by atoms with Crippen LogP contribution < -0.4 is 10.1 Å². The van der Waals surface area contributed by atoms with Crippen molar-refractivity contribution in [3.63, 3.8) is 0 Å². The molecule has 3 aromatic carbocycles. The molecule has 1 amide bonds. The quantitative estimate of drug-likeness (QED) is 0.306. The predicted molar refractivity (Wildman–Crippen MR) is 128 cm³/mol. The van der Waals surface area contributed by atoms with Crippen LogP contribution in [0.4, 0.5) is 13.2 Å². The molecule has 1 heterocycles. The van der Waals surface area contributed by atoms with Crippen molar-refractivity contribution in [1.29, 1.82) is 5.26 Å². The second-order valence-electron chi connectivity index (χ2n) is 7.41. The zero-order valence-corrected chi connectivity index (χ0v) is 19.7. The fourth-order valence-corrected chi connectivity index (χ4v) is 3.79. The van der Waals surface area contributed by atoms with Gasteiger partial charge in [0.2, 0.25) is 0 Å². The number of benzene rings is 3. The lowest BCUT2D eigenvalue weighted by atomic mass is 10.1. The van der Waals surface area contributed by atoms with Gasteiger partial charge >= 0.3 is 6.36 Å². The Kier molecular flexibility index (Phi) is 7.20. The van der Waals surface area contributed by atoms with Crippen molar-refractivity contribution in [2.24, 2.45) is 0 Å². The Morgan fingerprint density at radius 3 is 2.31 bits per heavy atom. The molecule has 0 saturated heterocycles. The van der Waals surface area contributed by atoms with E-state index in [0.717, 1.165) is 12.1 Å². The number of hydrogen-bond acceptors (Lipinski definition) is 4. The molecule has 0 fully saturated rings. The summed E-state index contributed by atoms with van der Waals surface area (Å²) in [6.45, 7) is -0.124. The first-order valence-electron chi connectivity index (χ1n) is 10.3. The molecule has 11 heteroatoms. The van der Waals surface area contributed by atoms with Crippen LogP contribution in [0.2, 0.25) is 10.0 Å². The van der Waals surface area contributed by atoms with Gasteiger partial charge in [-0.1, -0.05) is 47.5 Å². The van der Waals surface area contributed by atoms with Crippen molar-refractivity contribution in [2.45, 2.75) is 12.9 Å². The number of ether oxygens (including phenoxy) is 1. The number of aromatic nitrogens is 2. The third-order valence-electron chi connectivity index (χ3n) is 5.03. The standard InChI is InChI=1S/C25H15Cl2F3N4O2/c26-17-9-5-15(6-10-17)23-19(13-31)21(33-34(23)22-4-2-1-3-20(22)27)14-32-24(35)16-7-11-18(12-8-16)36-25(28,29)30/h1-12H,14H2,(H,32,35). The summed E-state index contributed by atoms with van der Waals surface area (Å²) >= 11 is 12.4. The number of rotatable bonds is 6. The van der Waals surface area contributed by atoms with Gasteiger partial charge in [0.15, 0.2) is 0 Å². The molecule has 4 rings (SSSR count). The molecule has 0 aliphatic rings. The SMILES string of the molecule is N#Cc1c(CNC(=O)c2ccc(OC(F)(F)F)cc2)nn(-c2ccccc2Cl)c1-c1ccc(Cl)cc1. The molecular formula is C25H15Cl2F3N4O2. The number of carbonyl (C=O) groups excluding carboxylic acids is 1. The molecule has 0 aliphatic carbocycles. The summed E-state index contributed by atoms with van der Waals surface area (Å²) in [5.74, 6) is -1.02. The van der Waals surface area contributed by atoms with Gasteiger partial charge in [-0.25, -0.2) is 4.68 Å². The van der Waals surface area contributed by atoms with Gasteiger partial charge < -0.3 is 10.1 Å². The van der Waals surface area contributed by atoms with E-state index < -0.39 is 18.0 Å². The zero-order valence-electron chi connectivity index (χ0n) is 18.2. The highest BCUT2D eigenvalue weighted by molar-refractivity contribution is 6.32. The number of amides is 1. The molecule has 0 saturated carbocycles. The molecule has 36 heavy (non-hydrogen) atoms. The second kappa shape index (κ2) is 10.3. The van der Waals surface area contributed by atoms with Gasteiger partial charge in [0.25, 0.3) is 5.91 Å². The van der Waals surface area contributed by atoms with Crippen LogP contribution in [-0.4, -0.2) is 22.1 Å². The van der Waals surface area contributed by atoms with Gasteiger partial charge in [-0.15, -0.1) is 13.2 Å². The van der Waals surface area contributed by atoms with Crippen LogP contribution in [0.3, 0.4) is 0 Å². The first-order chi connectivity index (χ1) is 17.2. The topological polar surface area (TPSA) is 79.9 Å². The molecule has 6 nitrogen and oxygen atoms in total. The lowest BCUT2D eigenvalue weighted by molar-refractivity contribution is -0.274. The van der Waals surface area contributed by atoms with Crippen LogP contribution in [0, 0.1) is 11.3 Å². The molecule has 1 N–H and O–H groups in total. The minimum Gasteiger partial charge on any atom is -0.406 e. The van der Waals surface area contributed by atoms with Crippen LogP contribution in [0.15, 0.2) is 72.8 Å². The van der Waals surface area contributed by atoms with Gasteiger partial charge in [-0.05, 0) is 48.5 Å². The van der Waals surface area contributed by atoms with E-state index in [1.54, 1.807) is 48.5 Å². The molecule has 0 unspecified atom stereocenters. The first kappa shape index (κ1) is 25.1. The number of nitrogens with zero attached hydrogens (tertiary/aromatic N) is 3. The Morgan fingerprint density at radius 1 is 1.03 bits per heavy atom. The van der Waals surface area contributed by atoms with Crippen molar-refractivity contribution < 1.29 is 22.7 Å². The van der Waals surface area contributed by atoms with Crippen LogP contribution in [0.1, 0.15) is 21.6 Å². The van der Waals surface area contributed by atoms with Crippen LogP contribution >= 0.6 is 23.2 Å². The summed E-state index contributed by atoms with van der Waals surface area (Å²) in [5.41, 5.74) is 2.23. The molecule has 0 bridgehead atoms. The largest absolute Gasteiger partial charge is 0.573 e. The maximum atomic E-state index is 12.6. The molecule has 0 atom stereocenters. The molecule has 0 aliphatic heterocycles. The van der Waals surface area contributed by atoms with Crippen LogP contribution in [0.25, 0.3) is 16.9 Å². The van der Waals surface area contributed by atoms with E-state index in [9.17, 15) is 23.2 Å². The molecule has 4 aromatic rings. The summed E-state index contributed by atoms with van der Waals surface area (Å²) in [4.78, 5) is 12.6. The van der Waals surface area contributed by atoms with E-state index in [2.05, 4.69) is 21.2 Å². The first-order valence-corrected chi connectivity index (χ1v) is 11.1. The number of alkyl halides is 3. The van der Waals surface area contributed by atoms with E-state index in [1.165, 1.54) is 16.8 Å². The fourth-order valence-electron chi connectivity index (χ4n) is 3.45. The van der Waals surface area contributed by atoms with Gasteiger partial charge in [0.1, 0.15) is 23.1 Å². The normalized spacial score (nSPS) is 11.1. The van der Waals surface area contributed by atoms with Crippen molar-refractivity contribution in [2.75, 3.05) is 0 Å². The predicted octanol–water partition coefficient (Wildman–Crippen LogP) is 6.55. The van der Waals surface area contributed by atoms with Crippen molar-refractivity contribution in [3.8, 4) is 28.8 Å². The van der Waals surface area contributed by atoms with Gasteiger partial charge in [-0.3, -0.25) is 4.79 Å². The molecule has 1 aromatic heterocycles.